The molecule has 1 aliphatic rings. The standard InChI is InChI=1S/C35H64O3/c1-3-4-5-6-7-8-9-10-11-12-13-17-20-23-26-29-34(36)30-27-24-21-18-15-14-16-19-22-25-28-33-31-32(2)38-35(33)37/h31-32H,3-30H2,1-2H3/t32-/m0/s1. The van der Waals surface area contributed by atoms with Gasteiger partial charge < -0.3 is 4.74 Å². The van der Waals surface area contributed by atoms with Crippen LogP contribution in [0.2, 0.25) is 0 Å². The number of unbranched alkanes of at least 4 members (excludes halogenated alkanes) is 23. The molecule has 0 unspecified atom stereocenters. The zero-order valence-corrected chi connectivity index (χ0v) is 25.7. The van der Waals surface area contributed by atoms with Gasteiger partial charge in [-0.2, -0.15) is 0 Å². The number of esters is 1. The summed E-state index contributed by atoms with van der Waals surface area (Å²) in [5.74, 6) is 0.389. The Bertz CT molecular complexity index is 594. The fraction of sp³-hybridized carbons (Fsp3) is 0.886. The quantitative estimate of drug-likeness (QED) is 0.0710. The molecule has 0 saturated heterocycles. The lowest BCUT2D eigenvalue weighted by molar-refractivity contribution is -0.139. The summed E-state index contributed by atoms with van der Waals surface area (Å²) in [5, 5.41) is 0. The molecule has 1 rings (SSSR count). The Kier molecular flexibility index (Phi) is 24.0. The van der Waals surface area contributed by atoms with Crippen LogP contribution >= 0.6 is 0 Å². The van der Waals surface area contributed by atoms with E-state index in [4.69, 9.17) is 4.74 Å². The third-order valence-corrected chi connectivity index (χ3v) is 8.20. The maximum atomic E-state index is 12.1. The van der Waals surface area contributed by atoms with E-state index in [1.807, 2.05) is 13.0 Å². The summed E-state index contributed by atoms with van der Waals surface area (Å²) in [7, 11) is 0. The summed E-state index contributed by atoms with van der Waals surface area (Å²) in [6, 6.07) is 0. The second-order valence-corrected chi connectivity index (χ2v) is 12.1. The minimum Gasteiger partial charge on any atom is -0.455 e. The van der Waals surface area contributed by atoms with Gasteiger partial charge in [-0.05, 0) is 38.7 Å². The van der Waals surface area contributed by atoms with Gasteiger partial charge in [0.25, 0.3) is 0 Å². The topological polar surface area (TPSA) is 43.4 Å². The molecule has 0 aromatic heterocycles. The summed E-state index contributed by atoms with van der Waals surface area (Å²) in [6.07, 6.45) is 37.5. The van der Waals surface area contributed by atoms with Crippen LogP contribution in [0.25, 0.3) is 0 Å². The number of ketones is 1. The van der Waals surface area contributed by atoms with Crippen LogP contribution in [0.1, 0.15) is 194 Å². The molecule has 1 heterocycles. The summed E-state index contributed by atoms with van der Waals surface area (Å²) in [4.78, 5) is 23.7. The molecule has 0 N–H and O–H groups in total. The molecular formula is C35H64O3. The van der Waals surface area contributed by atoms with Gasteiger partial charge in [-0.25, -0.2) is 4.79 Å². The van der Waals surface area contributed by atoms with Crippen LogP contribution in [-0.4, -0.2) is 17.9 Å². The highest BCUT2D eigenvalue weighted by Gasteiger charge is 2.21. The van der Waals surface area contributed by atoms with Crippen molar-refractivity contribution >= 4 is 11.8 Å². The van der Waals surface area contributed by atoms with E-state index in [9.17, 15) is 9.59 Å². The number of carbonyl (C=O) groups is 2. The number of carbonyl (C=O) groups excluding carboxylic acids is 2. The van der Waals surface area contributed by atoms with E-state index < -0.39 is 0 Å². The van der Waals surface area contributed by atoms with Crippen LogP contribution in [0, 0.1) is 0 Å². The Morgan fingerprint density at radius 2 is 0.921 bits per heavy atom. The van der Waals surface area contributed by atoms with Gasteiger partial charge in [0.2, 0.25) is 0 Å². The maximum Gasteiger partial charge on any atom is 0.334 e. The summed E-state index contributed by atoms with van der Waals surface area (Å²) in [5.41, 5.74) is 0.880. The third kappa shape index (κ3) is 21.8. The molecule has 0 spiro atoms. The van der Waals surface area contributed by atoms with Gasteiger partial charge in [-0.1, -0.05) is 148 Å². The molecule has 0 aromatic carbocycles. The molecular weight excluding hydrogens is 468 g/mol. The number of Topliss-reactive ketones (excluding diaryl/α,β-unsaturated/α-hetero) is 1. The van der Waals surface area contributed by atoms with E-state index in [-0.39, 0.29) is 12.1 Å². The summed E-state index contributed by atoms with van der Waals surface area (Å²) in [6.45, 7) is 4.21. The molecule has 38 heavy (non-hydrogen) atoms. The lowest BCUT2D eigenvalue weighted by Crippen LogP contribution is -2.03. The Morgan fingerprint density at radius 1 is 0.579 bits per heavy atom. The predicted molar refractivity (Wildman–Crippen MR) is 164 cm³/mol. The van der Waals surface area contributed by atoms with Gasteiger partial charge in [-0.15, -0.1) is 0 Å². The van der Waals surface area contributed by atoms with Crippen molar-refractivity contribution in [2.45, 2.75) is 200 Å². The lowest BCUT2D eigenvalue weighted by atomic mass is 10.0. The first-order valence-electron chi connectivity index (χ1n) is 17.1. The highest BCUT2D eigenvalue weighted by molar-refractivity contribution is 5.90. The van der Waals surface area contributed by atoms with Crippen LogP contribution in [0.5, 0.6) is 0 Å². The van der Waals surface area contributed by atoms with E-state index in [1.165, 1.54) is 141 Å². The average Bonchev–Trinajstić information content (AvgIpc) is 3.23. The van der Waals surface area contributed by atoms with Crippen LogP contribution in [-0.2, 0) is 14.3 Å². The molecule has 1 aliphatic heterocycles. The van der Waals surface area contributed by atoms with Crippen LogP contribution in [0.15, 0.2) is 11.6 Å². The maximum absolute atomic E-state index is 12.1. The van der Waals surface area contributed by atoms with Crippen molar-refractivity contribution in [3.63, 3.8) is 0 Å². The molecule has 0 aromatic rings. The normalized spacial score (nSPS) is 15.2. The van der Waals surface area contributed by atoms with Gasteiger partial charge in [0.05, 0.1) is 0 Å². The van der Waals surface area contributed by atoms with Crippen molar-refractivity contribution < 1.29 is 14.3 Å². The highest BCUT2D eigenvalue weighted by Crippen LogP contribution is 2.20. The minimum atomic E-state index is -0.107. The Balaban J connectivity index is 1.71. The van der Waals surface area contributed by atoms with Crippen LogP contribution in [0.4, 0.5) is 0 Å². The van der Waals surface area contributed by atoms with Crippen molar-refractivity contribution in [2.75, 3.05) is 0 Å². The zero-order chi connectivity index (χ0) is 27.5. The number of hydrogen-bond acceptors (Lipinski definition) is 3. The Morgan fingerprint density at radius 3 is 1.26 bits per heavy atom. The lowest BCUT2D eigenvalue weighted by Gasteiger charge is -2.04. The number of ether oxygens (including phenoxy) is 1. The number of rotatable bonds is 29. The molecule has 0 aliphatic carbocycles. The number of hydrogen-bond donors (Lipinski definition) is 0. The van der Waals surface area contributed by atoms with Crippen LogP contribution in [0.3, 0.4) is 0 Å². The van der Waals surface area contributed by atoms with Crippen molar-refractivity contribution in [3.8, 4) is 0 Å². The van der Waals surface area contributed by atoms with Crippen molar-refractivity contribution in [1.29, 1.82) is 0 Å². The molecule has 222 valence electrons. The van der Waals surface area contributed by atoms with Crippen molar-refractivity contribution in [3.05, 3.63) is 11.6 Å². The molecule has 3 heteroatoms. The first-order valence-corrected chi connectivity index (χ1v) is 17.1. The predicted octanol–water partition coefficient (Wildman–Crippen LogP) is 11.4. The smallest absolute Gasteiger partial charge is 0.334 e. The fourth-order valence-corrected chi connectivity index (χ4v) is 5.69. The zero-order valence-electron chi connectivity index (χ0n) is 25.7. The monoisotopic (exact) mass is 532 g/mol. The first kappa shape index (κ1) is 34.9. The van der Waals surface area contributed by atoms with E-state index in [1.54, 1.807) is 0 Å². The minimum absolute atomic E-state index is 0.0330. The second kappa shape index (κ2) is 26.1. The summed E-state index contributed by atoms with van der Waals surface area (Å²) >= 11 is 0. The van der Waals surface area contributed by atoms with Gasteiger partial charge >= 0.3 is 5.97 Å². The van der Waals surface area contributed by atoms with Gasteiger partial charge in [0.15, 0.2) is 0 Å². The molecule has 0 saturated carbocycles. The second-order valence-electron chi connectivity index (χ2n) is 12.1. The van der Waals surface area contributed by atoms with E-state index in [2.05, 4.69) is 6.92 Å². The van der Waals surface area contributed by atoms with Crippen molar-refractivity contribution in [2.24, 2.45) is 0 Å². The molecule has 0 radical (unpaired) electrons. The van der Waals surface area contributed by atoms with Crippen LogP contribution < -0.4 is 0 Å². The third-order valence-electron chi connectivity index (χ3n) is 8.20. The van der Waals surface area contributed by atoms with Gasteiger partial charge in [0.1, 0.15) is 11.9 Å². The fourth-order valence-electron chi connectivity index (χ4n) is 5.69. The SMILES string of the molecule is CCCCCCCCCCCCCCCCCC(=O)CCCCCCCCCCCCC1=C[C@H](C)OC1=O. The molecule has 0 bridgehead atoms. The van der Waals surface area contributed by atoms with E-state index in [0.717, 1.165) is 44.1 Å². The van der Waals surface area contributed by atoms with Gasteiger partial charge in [0, 0.05) is 18.4 Å². The average molecular weight is 533 g/mol. The molecule has 1 atom stereocenters. The summed E-state index contributed by atoms with van der Waals surface area (Å²) < 4.78 is 5.14. The first-order chi connectivity index (χ1) is 18.6. The molecule has 0 amide bonds. The highest BCUT2D eigenvalue weighted by atomic mass is 16.5. The Labute approximate surface area is 237 Å². The van der Waals surface area contributed by atoms with Crippen molar-refractivity contribution in [1.82, 2.24) is 0 Å². The molecule has 3 nitrogen and oxygen atoms in total. The van der Waals surface area contributed by atoms with E-state index >= 15 is 0 Å². The largest absolute Gasteiger partial charge is 0.455 e. The van der Waals surface area contributed by atoms with Gasteiger partial charge in [-0.3, -0.25) is 4.79 Å². The number of cyclic esters (lactones) is 1. The molecule has 0 fully saturated rings. The Hall–Kier alpha value is -1.12. The van der Waals surface area contributed by atoms with E-state index in [0.29, 0.717) is 5.78 Å².